The predicted molar refractivity (Wildman–Crippen MR) is 115 cm³/mol. The van der Waals surface area contributed by atoms with Crippen LogP contribution >= 0.6 is 11.3 Å². The van der Waals surface area contributed by atoms with Gasteiger partial charge in [-0.25, -0.2) is 0 Å². The fraction of sp³-hybridized carbons (Fsp3) is 0.435. The highest BCUT2D eigenvalue weighted by Gasteiger charge is 2.24. The van der Waals surface area contributed by atoms with E-state index in [1.54, 1.807) is 0 Å². The molecule has 1 aliphatic heterocycles. The number of hydrogen-bond donors (Lipinski definition) is 0. The molecule has 0 aliphatic carbocycles. The summed E-state index contributed by atoms with van der Waals surface area (Å²) in [6.07, 6.45) is 7.23. The van der Waals surface area contributed by atoms with Crippen LogP contribution in [0.3, 0.4) is 0 Å². The van der Waals surface area contributed by atoms with Gasteiger partial charge in [0.2, 0.25) is 0 Å². The first-order chi connectivity index (χ1) is 13.8. The maximum Gasteiger partial charge on any atom is 0.325 e. The van der Waals surface area contributed by atoms with E-state index in [1.807, 2.05) is 28.9 Å². The number of aromatic nitrogens is 1. The molecule has 3 aromatic rings. The molecule has 4 rings (SSSR count). The van der Waals surface area contributed by atoms with E-state index in [9.17, 15) is 4.79 Å². The minimum absolute atomic E-state index is 0.180. The van der Waals surface area contributed by atoms with Gasteiger partial charge in [0.1, 0.15) is 6.54 Å². The molecule has 2 aromatic heterocycles. The molecule has 3 heterocycles. The minimum atomic E-state index is -0.180. The number of carbonyl (C=O) groups excluding carboxylic acids is 1. The van der Waals surface area contributed by atoms with Crippen LogP contribution < -0.4 is 0 Å². The number of ether oxygens (including phenoxy) is 1. The zero-order valence-corrected chi connectivity index (χ0v) is 17.3. The number of fused-ring (bicyclic) bond motifs is 1. The lowest BCUT2D eigenvalue weighted by molar-refractivity contribution is -0.143. The summed E-state index contributed by atoms with van der Waals surface area (Å²) in [7, 11) is 0. The molecule has 148 valence electrons. The number of esters is 1. The van der Waals surface area contributed by atoms with Crippen LogP contribution in [0.1, 0.15) is 49.1 Å². The Balaban J connectivity index is 1.63. The minimum Gasteiger partial charge on any atom is -0.465 e. The number of para-hydroxylation sites is 1. The summed E-state index contributed by atoms with van der Waals surface area (Å²) >= 11 is 1.87. The molecule has 1 saturated heterocycles. The van der Waals surface area contributed by atoms with Crippen LogP contribution in [-0.2, 0) is 22.6 Å². The number of nitrogens with zero attached hydrogens (tertiary/aromatic N) is 2. The molecule has 0 spiro atoms. The van der Waals surface area contributed by atoms with Crippen molar-refractivity contribution < 1.29 is 9.53 Å². The Labute approximate surface area is 170 Å². The van der Waals surface area contributed by atoms with Gasteiger partial charge in [-0.3, -0.25) is 9.69 Å². The lowest BCUT2D eigenvalue weighted by Gasteiger charge is -2.29. The summed E-state index contributed by atoms with van der Waals surface area (Å²) < 4.78 is 7.21. The van der Waals surface area contributed by atoms with Crippen molar-refractivity contribution in [3.63, 3.8) is 0 Å². The Kier molecular flexibility index (Phi) is 6.13. The lowest BCUT2D eigenvalue weighted by Crippen LogP contribution is -2.27. The first-order valence-corrected chi connectivity index (χ1v) is 11.1. The fourth-order valence-electron chi connectivity index (χ4n) is 4.30. The van der Waals surface area contributed by atoms with Gasteiger partial charge in [-0.05, 0) is 49.4 Å². The van der Waals surface area contributed by atoms with E-state index < -0.39 is 0 Å². The van der Waals surface area contributed by atoms with Crippen molar-refractivity contribution in [2.45, 2.75) is 51.7 Å². The van der Waals surface area contributed by atoms with Gasteiger partial charge in [-0.2, -0.15) is 0 Å². The van der Waals surface area contributed by atoms with E-state index in [-0.39, 0.29) is 12.5 Å². The third-order valence-electron chi connectivity index (χ3n) is 5.58. The molecule has 0 amide bonds. The predicted octanol–water partition coefficient (Wildman–Crippen LogP) is 5.38. The second-order valence-electron chi connectivity index (χ2n) is 7.46. The highest BCUT2D eigenvalue weighted by atomic mass is 32.1. The highest BCUT2D eigenvalue weighted by molar-refractivity contribution is 7.10. The Bertz CT molecular complexity index is 916. The van der Waals surface area contributed by atoms with Crippen LogP contribution in [-0.4, -0.2) is 28.6 Å². The van der Waals surface area contributed by atoms with Gasteiger partial charge >= 0.3 is 5.97 Å². The first-order valence-electron chi connectivity index (χ1n) is 10.3. The average Bonchev–Trinajstić information content (AvgIpc) is 3.27. The van der Waals surface area contributed by atoms with Gasteiger partial charge in [0.15, 0.2) is 0 Å². The summed E-state index contributed by atoms with van der Waals surface area (Å²) in [5.74, 6) is -0.180. The molecule has 0 N–H and O–H groups in total. The van der Waals surface area contributed by atoms with E-state index in [0.717, 1.165) is 18.6 Å². The van der Waals surface area contributed by atoms with Gasteiger partial charge in [-0.1, -0.05) is 37.1 Å². The topological polar surface area (TPSA) is 34.5 Å². The molecule has 1 aromatic carbocycles. The van der Waals surface area contributed by atoms with Crippen LogP contribution in [0.2, 0.25) is 0 Å². The second-order valence-corrected chi connectivity index (χ2v) is 8.43. The molecule has 0 saturated carbocycles. The molecule has 0 bridgehead atoms. The number of thiophene rings is 1. The Morgan fingerprint density at radius 2 is 2.07 bits per heavy atom. The zero-order valence-electron chi connectivity index (χ0n) is 16.5. The van der Waals surface area contributed by atoms with Gasteiger partial charge in [0.25, 0.3) is 0 Å². The summed E-state index contributed by atoms with van der Waals surface area (Å²) in [4.78, 5) is 16.2. The van der Waals surface area contributed by atoms with Crippen molar-refractivity contribution >= 4 is 28.2 Å². The molecule has 5 heteroatoms. The molecule has 1 aliphatic rings. The quantitative estimate of drug-likeness (QED) is 0.525. The van der Waals surface area contributed by atoms with E-state index >= 15 is 0 Å². The SMILES string of the molecule is CCOC(=O)Cn1cc(CN2CCCCCC2c2cccs2)c2ccccc21. The normalized spacial score (nSPS) is 18.2. The van der Waals surface area contributed by atoms with Gasteiger partial charge in [-0.15, -0.1) is 11.3 Å². The molecule has 4 nitrogen and oxygen atoms in total. The third kappa shape index (κ3) is 4.15. The van der Waals surface area contributed by atoms with Crippen LogP contribution in [0.25, 0.3) is 10.9 Å². The fourth-order valence-corrected chi connectivity index (χ4v) is 5.20. The van der Waals surface area contributed by atoms with Crippen molar-refractivity contribution in [3.8, 4) is 0 Å². The van der Waals surface area contributed by atoms with Gasteiger partial charge in [0.05, 0.1) is 6.61 Å². The molecular weight excluding hydrogens is 368 g/mol. The van der Waals surface area contributed by atoms with Crippen LogP contribution in [0.15, 0.2) is 48.0 Å². The summed E-state index contributed by atoms with van der Waals surface area (Å²) in [5, 5.41) is 3.42. The van der Waals surface area contributed by atoms with Crippen molar-refractivity contribution in [1.82, 2.24) is 9.47 Å². The molecule has 1 atom stereocenters. The van der Waals surface area contributed by atoms with Crippen LogP contribution in [0.5, 0.6) is 0 Å². The molecule has 1 unspecified atom stereocenters. The maximum absolute atomic E-state index is 12.1. The first kappa shape index (κ1) is 19.2. The van der Waals surface area contributed by atoms with Crippen molar-refractivity contribution in [2.24, 2.45) is 0 Å². The zero-order chi connectivity index (χ0) is 19.3. The van der Waals surface area contributed by atoms with E-state index in [2.05, 4.69) is 46.8 Å². The summed E-state index contributed by atoms with van der Waals surface area (Å²) in [6, 6.07) is 13.3. The summed E-state index contributed by atoms with van der Waals surface area (Å²) in [5.41, 5.74) is 2.40. The number of rotatable bonds is 6. The Morgan fingerprint density at radius 1 is 1.18 bits per heavy atom. The molecule has 1 fully saturated rings. The highest BCUT2D eigenvalue weighted by Crippen LogP contribution is 2.35. The van der Waals surface area contributed by atoms with Crippen molar-refractivity contribution in [2.75, 3.05) is 13.2 Å². The number of hydrogen-bond acceptors (Lipinski definition) is 4. The van der Waals surface area contributed by atoms with E-state index in [4.69, 9.17) is 4.74 Å². The summed E-state index contributed by atoms with van der Waals surface area (Å²) in [6.45, 7) is 4.57. The van der Waals surface area contributed by atoms with Crippen molar-refractivity contribution in [3.05, 3.63) is 58.4 Å². The molecule has 0 radical (unpaired) electrons. The number of carbonyl (C=O) groups is 1. The Morgan fingerprint density at radius 3 is 2.89 bits per heavy atom. The second kappa shape index (κ2) is 8.93. The van der Waals surface area contributed by atoms with Crippen LogP contribution in [0, 0.1) is 0 Å². The van der Waals surface area contributed by atoms with Crippen molar-refractivity contribution in [1.29, 1.82) is 0 Å². The largest absolute Gasteiger partial charge is 0.465 e. The van der Waals surface area contributed by atoms with Crippen LogP contribution in [0.4, 0.5) is 0 Å². The smallest absolute Gasteiger partial charge is 0.325 e. The monoisotopic (exact) mass is 396 g/mol. The van der Waals surface area contributed by atoms with Gasteiger partial charge in [0, 0.05) is 34.6 Å². The van der Waals surface area contributed by atoms with Gasteiger partial charge < -0.3 is 9.30 Å². The third-order valence-corrected chi connectivity index (χ3v) is 6.56. The average molecular weight is 397 g/mol. The maximum atomic E-state index is 12.1. The molecule has 28 heavy (non-hydrogen) atoms. The Hall–Kier alpha value is -2.11. The number of likely N-dealkylation sites (tertiary alicyclic amines) is 1. The van der Waals surface area contributed by atoms with E-state index in [1.165, 1.54) is 41.5 Å². The standard InChI is InChI=1S/C23H28N2O2S/c1-2-27-23(26)17-25-16-18(19-9-5-6-10-20(19)25)15-24-13-7-3-4-11-21(24)22-12-8-14-28-22/h5-6,8-10,12,14,16,21H,2-4,7,11,13,15,17H2,1H3. The lowest BCUT2D eigenvalue weighted by atomic mass is 10.1. The van der Waals surface area contributed by atoms with E-state index in [0.29, 0.717) is 12.6 Å². The molecular formula is C23H28N2O2S. The number of benzene rings is 1.